The molecule has 5 unspecified atom stereocenters. The summed E-state index contributed by atoms with van der Waals surface area (Å²) in [6, 6.07) is -0.437. The number of carbonyl (C=O) groups is 3. The molecule has 2 aliphatic heterocycles. The Morgan fingerprint density at radius 3 is 2.38 bits per heavy atom. The number of epoxide rings is 2. The first-order valence-electron chi connectivity index (χ1n) is 16.1. The topological polar surface area (TPSA) is 152 Å². The molecule has 2 saturated heterocycles. The minimum atomic E-state index is -0.576. The van der Waals surface area contributed by atoms with Crippen LogP contribution in [0.15, 0.2) is 11.6 Å². The van der Waals surface area contributed by atoms with Crippen molar-refractivity contribution in [2.75, 3.05) is 40.0 Å². The van der Waals surface area contributed by atoms with E-state index in [-0.39, 0.29) is 61.0 Å². The maximum absolute atomic E-state index is 13.1. The van der Waals surface area contributed by atoms with Gasteiger partial charge in [0.15, 0.2) is 0 Å². The quantitative estimate of drug-likeness (QED) is 0.0682. The van der Waals surface area contributed by atoms with Gasteiger partial charge in [-0.25, -0.2) is 14.3 Å². The second kappa shape index (κ2) is 17.7. The van der Waals surface area contributed by atoms with Crippen LogP contribution in [-0.4, -0.2) is 93.6 Å². The fraction of sp³-hybridized carbons (Fsp3) is 0.839. The molecule has 3 fully saturated rings. The van der Waals surface area contributed by atoms with Crippen LogP contribution >= 0.6 is 12.3 Å². The molecule has 4 N–H and O–H groups in total. The lowest BCUT2D eigenvalue weighted by Crippen LogP contribution is -2.56. The first kappa shape index (κ1) is 37.3. The number of allylic oxidation sites excluding steroid dienone is 1. The van der Waals surface area contributed by atoms with E-state index in [4.69, 9.17) is 23.7 Å². The van der Waals surface area contributed by atoms with Crippen molar-refractivity contribution in [1.82, 2.24) is 20.7 Å². The van der Waals surface area contributed by atoms with Gasteiger partial charge in [0.1, 0.15) is 42.4 Å². The van der Waals surface area contributed by atoms with Crippen LogP contribution in [0.25, 0.3) is 0 Å². The van der Waals surface area contributed by atoms with E-state index in [1.807, 2.05) is 13.8 Å². The molecule has 0 radical (unpaired) electrons. The highest BCUT2D eigenvalue weighted by Crippen LogP contribution is 2.59. The zero-order chi connectivity index (χ0) is 33.0. The highest BCUT2D eigenvalue weighted by atomic mass is 32.2. The van der Waals surface area contributed by atoms with Crippen LogP contribution in [-0.2, 0) is 28.5 Å². The van der Waals surface area contributed by atoms with Crippen molar-refractivity contribution in [3.05, 3.63) is 11.6 Å². The molecule has 45 heavy (non-hydrogen) atoms. The van der Waals surface area contributed by atoms with Crippen LogP contribution in [0.3, 0.4) is 0 Å². The van der Waals surface area contributed by atoms with Gasteiger partial charge < -0.3 is 39.6 Å². The Hall–Kier alpha value is -2.13. The average Bonchev–Trinajstić information content (AvgIpc) is 3.91. The van der Waals surface area contributed by atoms with Crippen LogP contribution in [0.5, 0.6) is 0 Å². The first-order valence-corrected chi connectivity index (χ1v) is 16.8. The Morgan fingerprint density at radius 1 is 1.09 bits per heavy atom. The fourth-order valence-electron chi connectivity index (χ4n) is 6.19. The van der Waals surface area contributed by atoms with Crippen LogP contribution < -0.4 is 20.7 Å². The molecule has 1 aliphatic carbocycles. The van der Waals surface area contributed by atoms with E-state index < -0.39 is 29.9 Å². The molecule has 1 spiro atoms. The predicted molar refractivity (Wildman–Crippen MR) is 169 cm³/mol. The highest BCUT2D eigenvalue weighted by molar-refractivity contribution is 7.92. The zero-order valence-electron chi connectivity index (χ0n) is 27.6. The van der Waals surface area contributed by atoms with Crippen LogP contribution in [0, 0.1) is 11.8 Å². The summed E-state index contributed by atoms with van der Waals surface area (Å²) in [4.78, 5) is 36.7. The van der Waals surface area contributed by atoms with Gasteiger partial charge in [0, 0.05) is 20.2 Å². The highest BCUT2D eigenvalue weighted by Gasteiger charge is 2.72. The molecular weight excluding hydrogens is 607 g/mol. The lowest BCUT2D eigenvalue weighted by atomic mass is 9.68. The van der Waals surface area contributed by atoms with Crippen molar-refractivity contribution in [2.24, 2.45) is 11.8 Å². The largest absolute Gasteiger partial charge is 0.447 e. The summed E-state index contributed by atoms with van der Waals surface area (Å²) < 4.78 is 43.7. The number of methoxy groups -OCH3 is 1. The molecule has 0 aromatic rings. The van der Waals surface area contributed by atoms with Gasteiger partial charge >= 0.3 is 12.2 Å². The summed E-state index contributed by atoms with van der Waals surface area (Å²) in [5.41, 5.74) is 0.517. The van der Waals surface area contributed by atoms with Crippen LogP contribution in [0.1, 0.15) is 79.6 Å². The Labute approximate surface area is 271 Å². The van der Waals surface area contributed by atoms with Gasteiger partial charge in [-0.05, 0) is 58.8 Å². The van der Waals surface area contributed by atoms with Crippen molar-refractivity contribution in [1.29, 1.82) is 0 Å². The first-order chi connectivity index (χ1) is 21.5. The smallest absolute Gasteiger partial charge is 0.407 e. The van der Waals surface area contributed by atoms with Crippen molar-refractivity contribution in [3.63, 3.8) is 0 Å². The molecule has 258 valence electrons. The minimum Gasteiger partial charge on any atom is -0.447 e. The van der Waals surface area contributed by atoms with Gasteiger partial charge in [-0.15, -0.1) is 3.89 Å². The molecule has 0 aromatic carbocycles. The SMILES string of the molecule is COC1C(OC(=O)N[C@@H](COC(=O)NCCCCCCNC(=O)CNSF)C(C)C)CCC2(CO2)C1[C@]1(C)OC1CC=C(C)C. The maximum Gasteiger partial charge on any atom is 0.407 e. The van der Waals surface area contributed by atoms with Gasteiger partial charge in [0.25, 0.3) is 0 Å². The van der Waals surface area contributed by atoms with Gasteiger partial charge in [0.05, 0.1) is 31.2 Å². The monoisotopic (exact) mass is 660 g/mol. The number of unbranched alkanes of at least 4 members (excludes halogenated alkanes) is 3. The number of amides is 3. The molecule has 3 amide bonds. The third-order valence-electron chi connectivity index (χ3n) is 8.98. The molecule has 1 saturated carbocycles. The summed E-state index contributed by atoms with van der Waals surface area (Å²) in [6.07, 6.45) is 5.78. The van der Waals surface area contributed by atoms with Gasteiger partial charge in [-0.2, -0.15) is 0 Å². The second-order valence-corrected chi connectivity index (χ2v) is 13.4. The van der Waals surface area contributed by atoms with Gasteiger partial charge in [0.2, 0.25) is 5.91 Å². The second-order valence-electron chi connectivity index (χ2n) is 13.0. The zero-order valence-corrected chi connectivity index (χ0v) is 28.4. The summed E-state index contributed by atoms with van der Waals surface area (Å²) in [7, 11) is 1.64. The number of alkyl carbamates (subject to hydrolysis) is 2. The van der Waals surface area contributed by atoms with E-state index in [0.29, 0.717) is 26.1 Å². The number of carbonyl (C=O) groups excluding carboxylic acids is 3. The molecule has 12 nitrogen and oxygen atoms in total. The van der Waals surface area contributed by atoms with Gasteiger partial charge in [-0.1, -0.05) is 38.3 Å². The Balaban J connectivity index is 1.38. The molecule has 3 aliphatic rings. The van der Waals surface area contributed by atoms with Crippen molar-refractivity contribution < 1.29 is 42.0 Å². The summed E-state index contributed by atoms with van der Waals surface area (Å²) >= 11 is -0.0857. The maximum atomic E-state index is 13.1. The van der Waals surface area contributed by atoms with Crippen molar-refractivity contribution in [2.45, 2.75) is 115 Å². The number of hydrogen-bond acceptors (Lipinski definition) is 10. The lowest BCUT2D eigenvalue weighted by molar-refractivity contribution is -0.119. The normalized spacial score (nSPS) is 29.1. The van der Waals surface area contributed by atoms with Gasteiger partial charge in [-0.3, -0.25) is 4.79 Å². The van der Waals surface area contributed by atoms with E-state index >= 15 is 0 Å². The number of rotatable bonds is 19. The van der Waals surface area contributed by atoms with Crippen LogP contribution in [0.4, 0.5) is 13.5 Å². The third-order valence-corrected chi connectivity index (χ3v) is 9.23. The molecule has 7 atom stereocenters. The molecular formula is C31H53FN4O8S. The van der Waals surface area contributed by atoms with E-state index in [1.54, 1.807) is 7.11 Å². The average molecular weight is 661 g/mol. The molecule has 0 aromatic heterocycles. The fourth-order valence-corrected chi connectivity index (χ4v) is 6.37. The van der Waals surface area contributed by atoms with E-state index in [2.05, 4.69) is 47.5 Å². The number of halogens is 1. The third kappa shape index (κ3) is 11.3. The molecule has 0 bridgehead atoms. The minimum absolute atomic E-state index is 0.00394. The number of hydrogen-bond donors (Lipinski definition) is 4. The van der Waals surface area contributed by atoms with E-state index in [9.17, 15) is 18.3 Å². The summed E-state index contributed by atoms with van der Waals surface area (Å²) in [6.45, 7) is 11.7. The van der Waals surface area contributed by atoms with E-state index in [0.717, 1.165) is 38.5 Å². The molecule has 3 rings (SSSR count). The van der Waals surface area contributed by atoms with Crippen molar-refractivity contribution in [3.8, 4) is 0 Å². The van der Waals surface area contributed by atoms with E-state index in [1.165, 1.54) is 5.57 Å². The van der Waals surface area contributed by atoms with Crippen molar-refractivity contribution >= 4 is 30.4 Å². The predicted octanol–water partition coefficient (Wildman–Crippen LogP) is 4.34. The standard InChI is InChI=1S/C31H53FN4O8S/c1-20(2)11-12-24-30(5,44-24)27-26(40-6)23(13-14-31(27)19-42-31)43-29(39)36-22(21(3)4)18-41-28(38)34-16-10-8-7-9-15-33-25(37)17-35-45-32/h11,21-24,26-27,35H,7-10,12-19H2,1-6H3,(H,33,37)(H,34,38)(H,36,39)/t22-,23?,24?,26?,27?,30+,31?/m0/s1. The lowest BCUT2D eigenvalue weighted by Gasteiger charge is -2.42. The Bertz CT molecular complexity index is 1010. The molecule has 2 heterocycles. The Kier molecular flexibility index (Phi) is 14.7. The number of nitrogens with one attached hydrogen (secondary N) is 4. The van der Waals surface area contributed by atoms with Crippen LogP contribution in [0.2, 0.25) is 0 Å². The summed E-state index contributed by atoms with van der Waals surface area (Å²) in [5.74, 6) is -0.328. The molecule has 14 heteroatoms. The summed E-state index contributed by atoms with van der Waals surface area (Å²) in [5, 5.41) is 8.32. The number of ether oxygens (including phenoxy) is 5. The Morgan fingerprint density at radius 2 is 1.78 bits per heavy atom.